The highest BCUT2D eigenvalue weighted by atomic mass is 16.3. The van der Waals surface area contributed by atoms with E-state index >= 15 is 0 Å². The highest BCUT2D eigenvalue weighted by Crippen LogP contribution is 2.33. The number of fused-ring (bicyclic) bond motifs is 1. The van der Waals surface area contributed by atoms with Gasteiger partial charge in [-0.1, -0.05) is 32.0 Å². The SMILES string of the molecule is Cc1cccc(Cn2cc(CN(C(=O)C3CCc4c(O)cccc4C3)c3ccc(C(C)C)nc3)cn2)n1. The third-order valence-corrected chi connectivity index (χ3v) is 7.04. The number of hydrogen-bond acceptors (Lipinski definition) is 5. The summed E-state index contributed by atoms with van der Waals surface area (Å²) in [4.78, 5) is 25.0. The number of benzene rings is 1. The molecule has 0 aliphatic heterocycles. The molecule has 7 nitrogen and oxygen atoms in total. The van der Waals surface area contributed by atoms with Crippen molar-refractivity contribution in [2.45, 2.75) is 59.0 Å². The summed E-state index contributed by atoms with van der Waals surface area (Å²) >= 11 is 0. The zero-order chi connectivity index (χ0) is 25.9. The second-order valence-corrected chi connectivity index (χ2v) is 10.2. The lowest BCUT2D eigenvalue weighted by Gasteiger charge is -2.30. The van der Waals surface area contributed by atoms with Crippen molar-refractivity contribution in [3.05, 3.63) is 101 Å². The molecule has 190 valence electrons. The van der Waals surface area contributed by atoms with Gasteiger partial charge < -0.3 is 10.0 Å². The largest absolute Gasteiger partial charge is 0.508 e. The van der Waals surface area contributed by atoms with E-state index in [9.17, 15) is 9.90 Å². The lowest BCUT2D eigenvalue weighted by atomic mass is 9.82. The van der Waals surface area contributed by atoms with Gasteiger partial charge in [-0.25, -0.2) is 0 Å². The Balaban J connectivity index is 1.39. The zero-order valence-corrected chi connectivity index (χ0v) is 21.6. The number of rotatable bonds is 7. The van der Waals surface area contributed by atoms with Crippen LogP contribution in [0.4, 0.5) is 5.69 Å². The fraction of sp³-hybridized carbons (Fsp3) is 0.333. The predicted octanol–water partition coefficient (Wildman–Crippen LogP) is 5.20. The van der Waals surface area contributed by atoms with Gasteiger partial charge in [-0.3, -0.25) is 19.4 Å². The van der Waals surface area contributed by atoms with Gasteiger partial charge in [0.25, 0.3) is 0 Å². The van der Waals surface area contributed by atoms with Crippen LogP contribution in [-0.2, 0) is 30.7 Å². The van der Waals surface area contributed by atoms with E-state index in [0.29, 0.717) is 44.0 Å². The molecular weight excluding hydrogens is 462 g/mol. The average Bonchev–Trinajstić information content (AvgIpc) is 3.33. The van der Waals surface area contributed by atoms with Crippen molar-refractivity contribution in [2.24, 2.45) is 5.92 Å². The smallest absolute Gasteiger partial charge is 0.230 e. The highest BCUT2D eigenvalue weighted by Gasteiger charge is 2.30. The number of anilines is 1. The normalized spacial score (nSPS) is 15.0. The predicted molar refractivity (Wildman–Crippen MR) is 143 cm³/mol. The Hall–Kier alpha value is -4.00. The Morgan fingerprint density at radius 1 is 1.14 bits per heavy atom. The summed E-state index contributed by atoms with van der Waals surface area (Å²) in [6, 6.07) is 15.5. The maximum Gasteiger partial charge on any atom is 0.230 e. The van der Waals surface area contributed by atoms with Gasteiger partial charge in [0.1, 0.15) is 5.75 Å². The van der Waals surface area contributed by atoms with Gasteiger partial charge in [-0.05, 0) is 73.6 Å². The molecule has 37 heavy (non-hydrogen) atoms. The molecule has 0 saturated heterocycles. The number of nitrogens with zero attached hydrogens (tertiary/aromatic N) is 5. The van der Waals surface area contributed by atoms with E-state index in [1.54, 1.807) is 12.3 Å². The van der Waals surface area contributed by atoms with Crippen molar-refractivity contribution >= 4 is 11.6 Å². The van der Waals surface area contributed by atoms with E-state index in [4.69, 9.17) is 0 Å². The zero-order valence-electron chi connectivity index (χ0n) is 21.6. The van der Waals surface area contributed by atoms with Crippen LogP contribution in [0.5, 0.6) is 5.75 Å². The number of phenols is 1. The molecule has 3 aromatic heterocycles. The van der Waals surface area contributed by atoms with Crippen molar-refractivity contribution in [1.29, 1.82) is 0 Å². The summed E-state index contributed by atoms with van der Waals surface area (Å²) in [7, 11) is 0. The second-order valence-electron chi connectivity index (χ2n) is 10.2. The molecule has 7 heteroatoms. The first-order valence-electron chi connectivity index (χ1n) is 12.9. The minimum absolute atomic E-state index is 0.0705. The summed E-state index contributed by atoms with van der Waals surface area (Å²) < 4.78 is 1.86. The lowest BCUT2D eigenvalue weighted by Crippen LogP contribution is -2.38. The number of aryl methyl sites for hydroxylation is 1. The molecule has 0 bridgehead atoms. The van der Waals surface area contributed by atoms with Crippen LogP contribution in [0.1, 0.15) is 60.0 Å². The summed E-state index contributed by atoms with van der Waals surface area (Å²) in [5.41, 5.74) is 6.66. The van der Waals surface area contributed by atoms with Crippen LogP contribution in [0.25, 0.3) is 0 Å². The van der Waals surface area contributed by atoms with Crippen LogP contribution in [0.2, 0.25) is 0 Å². The Morgan fingerprint density at radius 3 is 2.73 bits per heavy atom. The maximum absolute atomic E-state index is 14.0. The van der Waals surface area contributed by atoms with Crippen LogP contribution in [0.15, 0.2) is 67.1 Å². The third kappa shape index (κ3) is 5.56. The van der Waals surface area contributed by atoms with Gasteiger partial charge in [0.05, 0.1) is 36.9 Å². The van der Waals surface area contributed by atoms with Crippen molar-refractivity contribution in [3.8, 4) is 5.75 Å². The number of aromatic nitrogens is 4. The topological polar surface area (TPSA) is 84.1 Å². The van der Waals surface area contributed by atoms with E-state index in [-0.39, 0.29) is 11.8 Å². The molecule has 1 aromatic carbocycles. The summed E-state index contributed by atoms with van der Waals surface area (Å²) in [6.07, 6.45) is 7.62. The lowest BCUT2D eigenvalue weighted by molar-refractivity contribution is -0.122. The molecule has 1 amide bonds. The Morgan fingerprint density at radius 2 is 1.97 bits per heavy atom. The Labute approximate surface area is 217 Å². The van der Waals surface area contributed by atoms with Crippen LogP contribution < -0.4 is 4.90 Å². The monoisotopic (exact) mass is 495 g/mol. The molecule has 1 aliphatic rings. The van der Waals surface area contributed by atoms with Crippen molar-refractivity contribution in [3.63, 3.8) is 0 Å². The molecule has 0 fully saturated rings. The third-order valence-electron chi connectivity index (χ3n) is 7.04. The average molecular weight is 496 g/mol. The van der Waals surface area contributed by atoms with Gasteiger partial charge >= 0.3 is 0 Å². The number of amides is 1. The fourth-order valence-corrected chi connectivity index (χ4v) is 5.02. The maximum atomic E-state index is 14.0. The molecule has 0 radical (unpaired) electrons. The molecule has 5 rings (SSSR count). The molecule has 1 N–H and O–H groups in total. The minimum atomic E-state index is -0.161. The van der Waals surface area contributed by atoms with Crippen molar-refractivity contribution in [2.75, 3.05) is 4.90 Å². The second kappa shape index (κ2) is 10.5. The number of carbonyl (C=O) groups is 1. The number of aromatic hydroxyl groups is 1. The summed E-state index contributed by atoms with van der Waals surface area (Å²) in [5.74, 6) is 0.547. The van der Waals surface area contributed by atoms with Gasteiger partial charge in [0.15, 0.2) is 0 Å². The number of pyridine rings is 2. The van der Waals surface area contributed by atoms with Gasteiger partial charge in [-0.15, -0.1) is 0 Å². The van der Waals surface area contributed by atoms with E-state index in [1.165, 1.54) is 0 Å². The van der Waals surface area contributed by atoms with Crippen LogP contribution in [0.3, 0.4) is 0 Å². The quantitative estimate of drug-likeness (QED) is 0.381. The number of carbonyl (C=O) groups excluding carboxylic acids is 1. The molecule has 4 aromatic rings. The molecule has 1 atom stereocenters. The van der Waals surface area contributed by atoms with Crippen LogP contribution in [-0.4, -0.2) is 30.8 Å². The molecule has 1 unspecified atom stereocenters. The minimum Gasteiger partial charge on any atom is -0.508 e. The summed E-state index contributed by atoms with van der Waals surface area (Å²) in [5, 5.41) is 14.8. The van der Waals surface area contributed by atoms with E-state index in [1.807, 2.05) is 71.4 Å². The van der Waals surface area contributed by atoms with Crippen LogP contribution >= 0.6 is 0 Å². The fourth-order valence-electron chi connectivity index (χ4n) is 5.02. The Kier molecular flexibility index (Phi) is 7.04. The van der Waals surface area contributed by atoms with Gasteiger partial charge in [0.2, 0.25) is 5.91 Å². The summed E-state index contributed by atoms with van der Waals surface area (Å²) in [6.45, 7) is 7.18. The Bertz CT molecular complexity index is 1390. The standard InChI is InChI=1S/C30H33N5O2/c1-20(2)28-13-11-26(16-31-28)35(30(37)24-10-12-27-23(14-24)7-5-9-29(27)36)18-22-15-32-34(17-22)19-25-8-4-6-21(3)33-25/h4-9,11,13,15-17,20,24,36H,10,12,14,18-19H2,1-3H3. The van der Waals surface area contributed by atoms with Crippen LogP contribution in [0, 0.1) is 12.8 Å². The first kappa shape index (κ1) is 24.7. The molecule has 1 aliphatic carbocycles. The molecule has 0 spiro atoms. The highest BCUT2D eigenvalue weighted by molar-refractivity contribution is 5.95. The first-order chi connectivity index (χ1) is 17.9. The van der Waals surface area contributed by atoms with E-state index < -0.39 is 0 Å². The molecular formula is C30H33N5O2. The number of phenolic OH excluding ortho intramolecular Hbond substituents is 1. The van der Waals surface area contributed by atoms with Crippen molar-refractivity contribution in [1.82, 2.24) is 19.7 Å². The van der Waals surface area contributed by atoms with Crippen molar-refractivity contribution < 1.29 is 9.90 Å². The van der Waals surface area contributed by atoms with Gasteiger partial charge in [0, 0.05) is 29.1 Å². The number of hydrogen-bond donors (Lipinski definition) is 1. The first-order valence-corrected chi connectivity index (χ1v) is 12.9. The molecule has 0 saturated carbocycles. The molecule has 3 heterocycles. The van der Waals surface area contributed by atoms with Gasteiger partial charge in [-0.2, -0.15) is 5.10 Å². The van der Waals surface area contributed by atoms with E-state index in [2.05, 4.69) is 28.9 Å². The van der Waals surface area contributed by atoms with E-state index in [0.717, 1.165) is 39.5 Å².